The predicted molar refractivity (Wildman–Crippen MR) is 133 cm³/mol. The average molecular weight is 467 g/mol. The first-order valence-corrected chi connectivity index (χ1v) is 11.6. The van der Waals surface area contributed by atoms with E-state index in [9.17, 15) is 14.4 Å². The van der Waals surface area contributed by atoms with E-state index in [-0.39, 0.29) is 23.9 Å². The molecular weight excluding hydrogens is 432 g/mol. The molecule has 4 amide bonds. The van der Waals surface area contributed by atoms with Crippen LogP contribution < -0.4 is 21.3 Å². The second-order valence-corrected chi connectivity index (χ2v) is 9.66. The lowest BCUT2D eigenvalue weighted by molar-refractivity contribution is -0.125. The van der Waals surface area contributed by atoms with Gasteiger partial charge in [0.1, 0.15) is 5.60 Å². The van der Waals surface area contributed by atoms with Crippen LogP contribution in [0.5, 0.6) is 0 Å². The Kier molecular flexibility index (Phi) is 8.15. The summed E-state index contributed by atoms with van der Waals surface area (Å²) >= 11 is 0. The van der Waals surface area contributed by atoms with Gasteiger partial charge in [0.2, 0.25) is 5.91 Å². The van der Waals surface area contributed by atoms with E-state index in [0.717, 1.165) is 29.7 Å². The summed E-state index contributed by atoms with van der Waals surface area (Å²) in [5.74, 6) is -0.153. The van der Waals surface area contributed by atoms with E-state index in [1.807, 2.05) is 64.1 Å². The molecule has 4 N–H and O–H groups in total. The van der Waals surface area contributed by atoms with Gasteiger partial charge >= 0.3 is 12.1 Å². The molecule has 0 saturated heterocycles. The lowest BCUT2D eigenvalue weighted by atomic mass is 10.1. The number of ether oxygens (including phenoxy) is 1. The summed E-state index contributed by atoms with van der Waals surface area (Å²) in [6.07, 6.45) is 1.64. The van der Waals surface area contributed by atoms with Gasteiger partial charge in [-0.3, -0.25) is 4.79 Å². The number of alkyl carbamates (subject to hydrolysis) is 1. The Hall–Kier alpha value is -3.55. The monoisotopic (exact) mass is 466 g/mol. The van der Waals surface area contributed by atoms with E-state index in [2.05, 4.69) is 21.3 Å². The zero-order valence-corrected chi connectivity index (χ0v) is 20.2. The number of nitrogens with one attached hydrogen (secondary N) is 4. The number of anilines is 2. The minimum absolute atomic E-state index is 0.0201. The van der Waals surface area contributed by atoms with Gasteiger partial charge < -0.3 is 26.0 Å². The highest BCUT2D eigenvalue weighted by Crippen LogP contribution is 2.26. The van der Waals surface area contributed by atoms with Crippen LogP contribution in [0, 0.1) is 12.8 Å². The lowest BCUT2D eigenvalue weighted by Gasteiger charge is -2.21. The van der Waals surface area contributed by atoms with Crippen LogP contribution in [0.1, 0.15) is 51.2 Å². The van der Waals surface area contributed by atoms with Crippen LogP contribution in [0.4, 0.5) is 21.0 Å². The molecule has 0 spiro atoms. The fourth-order valence-electron chi connectivity index (χ4n) is 3.86. The smallest absolute Gasteiger partial charge is 0.407 e. The van der Waals surface area contributed by atoms with E-state index < -0.39 is 11.7 Å². The van der Waals surface area contributed by atoms with Gasteiger partial charge in [0.05, 0.1) is 0 Å². The highest BCUT2D eigenvalue weighted by Gasteiger charge is 2.31. The molecular formula is C26H34N4O4. The number of para-hydroxylation sites is 1. The Labute approximate surface area is 200 Å². The zero-order valence-electron chi connectivity index (χ0n) is 20.2. The van der Waals surface area contributed by atoms with Crippen molar-refractivity contribution >= 4 is 29.4 Å². The molecule has 8 heteroatoms. The van der Waals surface area contributed by atoms with Crippen LogP contribution in [0.15, 0.2) is 48.5 Å². The van der Waals surface area contributed by atoms with Crippen LogP contribution in [0.3, 0.4) is 0 Å². The molecule has 182 valence electrons. The molecule has 3 rings (SSSR count). The molecule has 2 aromatic rings. The van der Waals surface area contributed by atoms with E-state index in [1.54, 1.807) is 12.1 Å². The van der Waals surface area contributed by atoms with Crippen molar-refractivity contribution in [2.75, 3.05) is 10.6 Å². The molecule has 2 atom stereocenters. The van der Waals surface area contributed by atoms with Crippen molar-refractivity contribution in [3.05, 3.63) is 59.7 Å². The molecule has 0 unspecified atom stereocenters. The predicted octanol–water partition coefficient (Wildman–Crippen LogP) is 4.95. The summed E-state index contributed by atoms with van der Waals surface area (Å²) in [5, 5.41) is 11.5. The van der Waals surface area contributed by atoms with Crippen molar-refractivity contribution in [2.24, 2.45) is 5.92 Å². The van der Waals surface area contributed by atoms with Gasteiger partial charge in [-0.15, -0.1) is 0 Å². The Morgan fingerprint density at radius 1 is 0.971 bits per heavy atom. The number of urea groups is 1. The van der Waals surface area contributed by atoms with Gasteiger partial charge in [-0.2, -0.15) is 0 Å². The quantitative estimate of drug-likeness (QED) is 0.483. The molecule has 34 heavy (non-hydrogen) atoms. The number of rotatable bonds is 6. The first-order chi connectivity index (χ1) is 16.1. The van der Waals surface area contributed by atoms with Crippen molar-refractivity contribution in [2.45, 2.75) is 65.1 Å². The number of hydrogen-bond donors (Lipinski definition) is 4. The van der Waals surface area contributed by atoms with Crippen molar-refractivity contribution in [1.29, 1.82) is 0 Å². The Bertz CT molecular complexity index is 1010. The van der Waals surface area contributed by atoms with Crippen molar-refractivity contribution in [3.63, 3.8) is 0 Å². The summed E-state index contributed by atoms with van der Waals surface area (Å²) in [4.78, 5) is 36.7. The molecule has 1 aliphatic carbocycles. The maximum absolute atomic E-state index is 12.6. The van der Waals surface area contributed by atoms with Crippen LogP contribution in [-0.4, -0.2) is 29.7 Å². The van der Waals surface area contributed by atoms with E-state index >= 15 is 0 Å². The maximum Gasteiger partial charge on any atom is 0.407 e. The summed E-state index contributed by atoms with van der Waals surface area (Å²) in [5.41, 5.74) is 2.79. The van der Waals surface area contributed by atoms with Gasteiger partial charge in [-0.1, -0.05) is 30.3 Å². The van der Waals surface area contributed by atoms with E-state index in [0.29, 0.717) is 18.7 Å². The third kappa shape index (κ3) is 7.79. The average Bonchev–Trinajstić information content (AvgIpc) is 3.21. The third-order valence-electron chi connectivity index (χ3n) is 5.60. The van der Waals surface area contributed by atoms with Crippen molar-refractivity contribution in [1.82, 2.24) is 10.6 Å². The molecule has 0 radical (unpaired) electrons. The molecule has 0 aromatic heterocycles. The van der Waals surface area contributed by atoms with Crippen LogP contribution in [0.2, 0.25) is 0 Å². The maximum atomic E-state index is 12.6. The van der Waals surface area contributed by atoms with Crippen molar-refractivity contribution < 1.29 is 19.1 Å². The Morgan fingerprint density at radius 3 is 2.35 bits per heavy atom. The Morgan fingerprint density at radius 2 is 1.68 bits per heavy atom. The molecule has 1 aliphatic rings. The van der Waals surface area contributed by atoms with E-state index in [4.69, 9.17) is 4.74 Å². The van der Waals surface area contributed by atoms with Crippen LogP contribution >= 0.6 is 0 Å². The zero-order chi connectivity index (χ0) is 24.7. The highest BCUT2D eigenvalue weighted by molar-refractivity contribution is 6.00. The van der Waals surface area contributed by atoms with Gasteiger partial charge in [0.15, 0.2) is 0 Å². The summed E-state index contributed by atoms with van der Waals surface area (Å²) in [6, 6.07) is 14.5. The van der Waals surface area contributed by atoms with E-state index in [1.165, 1.54) is 0 Å². The number of amides is 4. The number of aryl methyl sites for hydroxylation is 1. The molecule has 0 heterocycles. The van der Waals surface area contributed by atoms with Gasteiger partial charge in [0.25, 0.3) is 0 Å². The number of benzene rings is 2. The molecule has 2 aromatic carbocycles. The summed E-state index contributed by atoms with van der Waals surface area (Å²) in [6.45, 7) is 7.79. The number of carbonyl (C=O) groups is 3. The first kappa shape index (κ1) is 25.1. The number of hydrogen-bond acceptors (Lipinski definition) is 4. The lowest BCUT2D eigenvalue weighted by Crippen LogP contribution is -2.38. The molecule has 1 fully saturated rings. The first-order valence-electron chi connectivity index (χ1n) is 11.6. The second-order valence-electron chi connectivity index (χ2n) is 9.66. The minimum atomic E-state index is -0.546. The van der Waals surface area contributed by atoms with Crippen molar-refractivity contribution in [3.8, 4) is 0 Å². The SMILES string of the molecule is Cc1ccccc1NC(=O)Nc1ccc(CNC(=O)[C@@H]2CC[C@H](NC(=O)OC(C)(C)C)C2)cc1. The normalized spacial score (nSPS) is 17.5. The molecule has 8 nitrogen and oxygen atoms in total. The molecule has 1 saturated carbocycles. The third-order valence-corrected chi connectivity index (χ3v) is 5.60. The summed E-state index contributed by atoms with van der Waals surface area (Å²) in [7, 11) is 0. The van der Waals surface area contributed by atoms with Crippen LogP contribution in [0.25, 0.3) is 0 Å². The highest BCUT2D eigenvalue weighted by atomic mass is 16.6. The standard InChI is InChI=1S/C26H34N4O4/c1-17-7-5-6-8-22(17)30-24(32)28-20-12-9-18(10-13-20)16-27-23(31)19-11-14-21(15-19)29-25(33)34-26(2,3)4/h5-10,12-13,19,21H,11,14-16H2,1-4H3,(H,27,31)(H,29,33)(H2,28,30,32)/t19-,21+/m1/s1. The topological polar surface area (TPSA) is 109 Å². The van der Waals surface area contributed by atoms with Gasteiger partial charge in [0, 0.05) is 29.9 Å². The fourth-order valence-corrected chi connectivity index (χ4v) is 3.86. The number of carbonyl (C=O) groups excluding carboxylic acids is 3. The minimum Gasteiger partial charge on any atom is -0.444 e. The molecule has 0 aliphatic heterocycles. The molecule has 0 bridgehead atoms. The second kappa shape index (κ2) is 11.0. The van der Waals surface area contributed by atoms with Gasteiger partial charge in [-0.25, -0.2) is 9.59 Å². The van der Waals surface area contributed by atoms with Crippen LogP contribution in [-0.2, 0) is 16.1 Å². The summed E-state index contributed by atoms with van der Waals surface area (Å²) < 4.78 is 5.29. The largest absolute Gasteiger partial charge is 0.444 e. The Balaban J connectivity index is 1.41. The van der Waals surface area contributed by atoms with Gasteiger partial charge in [-0.05, 0) is 76.3 Å². The fraction of sp³-hybridized carbons (Fsp3) is 0.423.